The molecule has 0 saturated carbocycles. The largest absolute Gasteiger partial charge is 0.114 e. The fourth-order valence-corrected chi connectivity index (χ4v) is 3.19. The summed E-state index contributed by atoms with van der Waals surface area (Å²) in [7, 11) is 0. The first kappa shape index (κ1) is 14.6. The molecule has 0 aliphatic carbocycles. The highest BCUT2D eigenvalue weighted by Gasteiger charge is 2.29. The lowest BCUT2D eigenvalue weighted by atomic mass is 9.85. The van der Waals surface area contributed by atoms with E-state index in [9.17, 15) is 0 Å². The van der Waals surface area contributed by atoms with Crippen LogP contribution in [0.1, 0.15) is 64.0 Å². The average molecular weight is 253 g/mol. The third-order valence-corrected chi connectivity index (χ3v) is 3.89. The molecule has 0 amide bonds. The summed E-state index contributed by atoms with van der Waals surface area (Å²) in [6.07, 6.45) is 6.75. The van der Waals surface area contributed by atoms with E-state index < -0.39 is 0 Å². The zero-order valence-electron chi connectivity index (χ0n) is 11.4. The maximum absolute atomic E-state index is 6.91. The molecule has 17 heavy (non-hydrogen) atoms. The summed E-state index contributed by atoms with van der Waals surface area (Å²) in [6.45, 7) is 6.66. The van der Waals surface area contributed by atoms with Crippen molar-refractivity contribution in [1.82, 2.24) is 0 Å². The van der Waals surface area contributed by atoms with Crippen LogP contribution in [-0.2, 0) is 11.3 Å². The molecule has 0 nitrogen and oxygen atoms in total. The van der Waals surface area contributed by atoms with Crippen molar-refractivity contribution in [2.75, 3.05) is 0 Å². The predicted octanol–water partition coefficient (Wildman–Crippen LogP) is 5.67. The smallest absolute Gasteiger partial charge is 0.0697 e. The second kappa shape index (κ2) is 7.06. The van der Waals surface area contributed by atoms with E-state index >= 15 is 0 Å². The van der Waals surface area contributed by atoms with E-state index in [0.717, 1.165) is 32.1 Å². The highest BCUT2D eigenvalue weighted by Crippen LogP contribution is 2.40. The number of alkyl halides is 1. The summed E-state index contributed by atoms with van der Waals surface area (Å²) in [5, 5.41) is 0. The first-order valence-electron chi connectivity index (χ1n) is 6.95. The fourth-order valence-electron chi connectivity index (χ4n) is 2.63. The van der Waals surface area contributed by atoms with Crippen molar-refractivity contribution in [3.05, 3.63) is 35.4 Å². The second-order valence-corrected chi connectivity index (χ2v) is 5.60. The molecule has 0 fully saturated rings. The van der Waals surface area contributed by atoms with Crippen LogP contribution < -0.4 is 0 Å². The van der Waals surface area contributed by atoms with Gasteiger partial charge in [0, 0.05) is 0 Å². The van der Waals surface area contributed by atoms with Gasteiger partial charge in [-0.2, -0.15) is 0 Å². The molecule has 0 aliphatic heterocycles. The quantitative estimate of drug-likeness (QED) is 0.548. The molecule has 0 atom stereocenters. The molecular weight excluding hydrogens is 228 g/mol. The lowest BCUT2D eigenvalue weighted by Gasteiger charge is -2.29. The number of hydrogen-bond donors (Lipinski definition) is 0. The number of halogens is 1. The molecule has 0 unspecified atom stereocenters. The Hall–Kier alpha value is -0.490. The molecule has 0 aromatic heterocycles. The lowest BCUT2D eigenvalue weighted by Crippen LogP contribution is -2.20. The zero-order valence-corrected chi connectivity index (χ0v) is 12.2. The van der Waals surface area contributed by atoms with Crippen LogP contribution in [0.5, 0.6) is 0 Å². The van der Waals surface area contributed by atoms with Crippen molar-refractivity contribution in [3.8, 4) is 0 Å². The van der Waals surface area contributed by atoms with Gasteiger partial charge in [0.1, 0.15) is 0 Å². The summed E-state index contributed by atoms with van der Waals surface area (Å²) in [4.78, 5) is -0.144. The van der Waals surface area contributed by atoms with Crippen molar-refractivity contribution < 1.29 is 0 Å². The Balaban J connectivity index is 3.08. The monoisotopic (exact) mass is 252 g/mol. The van der Waals surface area contributed by atoms with Crippen molar-refractivity contribution in [3.63, 3.8) is 0 Å². The minimum absolute atomic E-state index is 0.144. The maximum Gasteiger partial charge on any atom is 0.0697 e. The van der Waals surface area contributed by atoms with Gasteiger partial charge in [-0.25, -0.2) is 0 Å². The first-order valence-corrected chi connectivity index (χ1v) is 7.33. The van der Waals surface area contributed by atoms with Gasteiger partial charge in [-0.05, 0) is 30.4 Å². The highest BCUT2D eigenvalue weighted by molar-refractivity contribution is 6.24. The standard InChI is InChI=1S/C16H25Cl/c1-4-9-14-10-7-8-11-15(14)16(17,12-5-2)13-6-3/h7-8,10-11H,4-6,9,12-13H2,1-3H3. The van der Waals surface area contributed by atoms with Gasteiger partial charge in [-0.1, -0.05) is 64.3 Å². The van der Waals surface area contributed by atoms with Crippen LogP contribution in [0, 0.1) is 0 Å². The first-order chi connectivity index (χ1) is 8.18. The third-order valence-electron chi connectivity index (χ3n) is 3.31. The lowest BCUT2D eigenvalue weighted by molar-refractivity contribution is 0.495. The topological polar surface area (TPSA) is 0 Å². The zero-order chi connectivity index (χ0) is 12.7. The van der Waals surface area contributed by atoms with Crippen molar-refractivity contribution in [1.29, 1.82) is 0 Å². The number of aryl methyl sites for hydroxylation is 1. The SMILES string of the molecule is CCCc1ccccc1C(Cl)(CCC)CCC. The minimum Gasteiger partial charge on any atom is -0.114 e. The molecule has 1 aromatic carbocycles. The molecule has 0 aliphatic rings. The van der Waals surface area contributed by atoms with Gasteiger partial charge in [-0.3, -0.25) is 0 Å². The van der Waals surface area contributed by atoms with Gasteiger partial charge in [0.15, 0.2) is 0 Å². The number of hydrogen-bond acceptors (Lipinski definition) is 0. The van der Waals surface area contributed by atoms with Crippen LogP contribution in [0.3, 0.4) is 0 Å². The summed E-state index contributed by atoms with van der Waals surface area (Å²) >= 11 is 6.91. The molecule has 0 spiro atoms. The van der Waals surface area contributed by atoms with E-state index in [1.165, 1.54) is 17.5 Å². The Bertz CT molecular complexity index is 324. The van der Waals surface area contributed by atoms with Crippen molar-refractivity contribution >= 4 is 11.6 Å². The highest BCUT2D eigenvalue weighted by atomic mass is 35.5. The van der Waals surface area contributed by atoms with Crippen LogP contribution >= 0.6 is 11.6 Å². The van der Waals surface area contributed by atoms with Crippen LogP contribution in [0.2, 0.25) is 0 Å². The molecule has 0 N–H and O–H groups in total. The third kappa shape index (κ3) is 3.74. The van der Waals surface area contributed by atoms with E-state index in [4.69, 9.17) is 11.6 Å². The molecule has 0 radical (unpaired) electrons. The van der Waals surface area contributed by atoms with Gasteiger partial charge in [0.2, 0.25) is 0 Å². The molecule has 0 saturated heterocycles. The Morgan fingerprint density at radius 3 is 2.06 bits per heavy atom. The Labute approximate surface area is 111 Å². The van der Waals surface area contributed by atoms with E-state index in [1.807, 2.05) is 0 Å². The van der Waals surface area contributed by atoms with Crippen molar-refractivity contribution in [2.24, 2.45) is 0 Å². The molecule has 1 heteroatoms. The van der Waals surface area contributed by atoms with Gasteiger partial charge in [0.25, 0.3) is 0 Å². The summed E-state index contributed by atoms with van der Waals surface area (Å²) in [5.74, 6) is 0. The molecule has 1 aromatic rings. The summed E-state index contributed by atoms with van der Waals surface area (Å²) < 4.78 is 0. The maximum atomic E-state index is 6.91. The Kier molecular flexibility index (Phi) is 6.05. The van der Waals surface area contributed by atoms with Gasteiger partial charge in [0.05, 0.1) is 4.87 Å². The van der Waals surface area contributed by atoms with Crippen LogP contribution in [0.25, 0.3) is 0 Å². The van der Waals surface area contributed by atoms with E-state index in [0.29, 0.717) is 0 Å². The minimum atomic E-state index is -0.144. The predicted molar refractivity (Wildman–Crippen MR) is 77.8 cm³/mol. The van der Waals surface area contributed by atoms with Gasteiger partial charge in [-0.15, -0.1) is 11.6 Å². The van der Waals surface area contributed by atoms with E-state index in [1.54, 1.807) is 0 Å². The Morgan fingerprint density at radius 2 is 1.53 bits per heavy atom. The summed E-state index contributed by atoms with van der Waals surface area (Å²) in [6, 6.07) is 8.71. The number of rotatable bonds is 7. The molecular formula is C16H25Cl. The van der Waals surface area contributed by atoms with E-state index in [-0.39, 0.29) is 4.87 Å². The van der Waals surface area contributed by atoms with Gasteiger partial charge < -0.3 is 0 Å². The van der Waals surface area contributed by atoms with Crippen LogP contribution in [0.4, 0.5) is 0 Å². The molecule has 96 valence electrons. The van der Waals surface area contributed by atoms with E-state index in [2.05, 4.69) is 45.0 Å². The van der Waals surface area contributed by atoms with Crippen molar-refractivity contribution in [2.45, 2.75) is 64.2 Å². The molecule has 0 bridgehead atoms. The Morgan fingerprint density at radius 1 is 0.941 bits per heavy atom. The van der Waals surface area contributed by atoms with Gasteiger partial charge >= 0.3 is 0 Å². The molecule has 1 rings (SSSR count). The van der Waals surface area contributed by atoms with Crippen LogP contribution in [-0.4, -0.2) is 0 Å². The normalized spacial score (nSPS) is 11.8. The van der Waals surface area contributed by atoms with Crippen LogP contribution in [0.15, 0.2) is 24.3 Å². The summed E-state index contributed by atoms with van der Waals surface area (Å²) in [5.41, 5.74) is 2.80. The molecule has 0 heterocycles. The average Bonchev–Trinajstić information content (AvgIpc) is 2.31. The number of benzene rings is 1. The second-order valence-electron chi connectivity index (χ2n) is 4.87. The fraction of sp³-hybridized carbons (Fsp3) is 0.625.